The number of ether oxygens (including phenoxy) is 3. The molecule has 2 atom stereocenters. The van der Waals surface area contributed by atoms with Crippen LogP contribution >= 0.6 is 0 Å². The Labute approximate surface area is 158 Å². The molecule has 24 heavy (non-hydrogen) atoms. The molecule has 0 aromatic heterocycles. The highest BCUT2D eigenvalue weighted by Gasteiger charge is 2.27. The predicted octanol–water partition coefficient (Wildman–Crippen LogP) is 3.33. The molecule has 0 saturated carbocycles. The summed E-state index contributed by atoms with van der Waals surface area (Å²) in [6.07, 6.45) is -3.40. The molecule has 1 unspecified atom stereocenters. The standard InChI is InChI=1S/C19H20FNO3/c20-15-3-1-13(2-4-15)17-7-8-21-10-14(17)11-22-16-5-6-18-19(9-16)24-12-23-18/h1-6,9,14,17,21H,7-8,10-12H2/t14-,17?/m0/s1/i1D,2D,3D,4D,7D2,8D2,11D2,12D2,17D. The maximum absolute atomic E-state index is 14.2. The first kappa shape index (κ1) is 6.56. The van der Waals surface area contributed by atoms with E-state index in [4.69, 9.17) is 32.0 Å². The van der Waals surface area contributed by atoms with E-state index in [0.717, 1.165) is 6.07 Å². The molecular formula is C19H20FNO3. The summed E-state index contributed by atoms with van der Waals surface area (Å²) in [6, 6.07) is -1.25. The Morgan fingerprint density at radius 2 is 2.17 bits per heavy atom. The molecule has 2 aliphatic heterocycles. The summed E-state index contributed by atoms with van der Waals surface area (Å²) in [6.45, 7) is -9.29. The highest BCUT2D eigenvalue weighted by molar-refractivity contribution is 5.46. The topological polar surface area (TPSA) is 39.7 Å². The number of fused-ring (bicyclic) bond motifs is 1. The minimum absolute atomic E-state index is 0.00781. The van der Waals surface area contributed by atoms with Gasteiger partial charge in [0.05, 0.1) is 14.8 Å². The van der Waals surface area contributed by atoms with E-state index in [1.807, 2.05) is 0 Å². The van der Waals surface area contributed by atoms with Gasteiger partial charge in [0.2, 0.25) is 6.75 Å². The van der Waals surface area contributed by atoms with Gasteiger partial charge < -0.3 is 19.5 Å². The molecule has 0 aliphatic carbocycles. The summed E-state index contributed by atoms with van der Waals surface area (Å²) >= 11 is 0. The van der Waals surface area contributed by atoms with Gasteiger partial charge in [-0.3, -0.25) is 0 Å². The van der Waals surface area contributed by atoms with Crippen LogP contribution < -0.4 is 19.5 Å². The Bertz CT molecular complexity index is 1250. The lowest BCUT2D eigenvalue weighted by Crippen LogP contribution is -2.38. The summed E-state index contributed by atoms with van der Waals surface area (Å²) in [5.74, 6) is -7.16. The van der Waals surface area contributed by atoms with Crippen LogP contribution in [-0.4, -0.2) is 26.3 Å². The van der Waals surface area contributed by atoms with Crippen LogP contribution in [0.4, 0.5) is 4.39 Å². The Morgan fingerprint density at radius 1 is 1.33 bits per heavy atom. The van der Waals surface area contributed by atoms with Gasteiger partial charge in [0, 0.05) is 25.4 Å². The molecule has 2 heterocycles. The van der Waals surface area contributed by atoms with Crippen molar-refractivity contribution in [3.63, 3.8) is 0 Å². The molecule has 2 aromatic rings. The highest BCUT2D eigenvalue weighted by Crippen LogP contribution is 2.36. The van der Waals surface area contributed by atoms with E-state index in [2.05, 4.69) is 5.32 Å². The van der Waals surface area contributed by atoms with Crippen LogP contribution in [0.3, 0.4) is 0 Å². The van der Waals surface area contributed by atoms with Crippen molar-refractivity contribution in [1.29, 1.82) is 0 Å². The Hall–Kier alpha value is -2.27. The van der Waals surface area contributed by atoms with Gasteiger partial charge in [-0.25, -0.2) is 4.39 Å². The first-order valence-corrected chi connectivity index (χ1v) is 6.99. The zero-order chi connectivity index (χ0) is 27.9. The maximum atomic E-state index is 14.2. The van der Waals surface area contributed by atoms with Crippen molar-refractivity contribution in [1.82, 2.24) is 5.32 Å². The van der Waals surface area contributed by atoms with Crippen molar-refractivity contribution in [2.75, 3.05) is 26.3 Å². The first-order chi connectivity index (χ1) is 16.8. The predicted molar refractivity (Wildman–Crippen MR) is 88.2 cm³/mol. The fraction of sp³-hybridized carbons (Fsp3) is 0.368. The Kier molecular flexibility index (Phi) is 1.83. The molecule has 2 aromatic carbocycles. The van der Waals surface area contributed by atoms with Crippen molar-refractivity contribution < 1.29 is 36.4 Å². The molecule has 5 heteroatoms. The zero-order valence-electron chi connectivity index (χ0n) is 25.1. The SMILES string of the molecule is [2H]c1c([2H])c(C2([2H])[C@H](C([2H])([2H])Oc3ccc4c(c3)OC([2H])([2H])O4)CNC([2H])([2H])C2([2H])[2H])c([2H])c([2H])c1F. The van der Waals surface area contributed by atoms with Gasteiger partial charge in [-0.1, -0.05) is 12.1 Å². The molecule has 0 radical (unpaired) electrons. The van der Waals surface area contributed by atoms with E-state index >= 15 is 0 Å². The van der Waals surface area contributed by atoms with E-state index in [0.29, 0.717) is 0 Å². The number of hydrogen-bond acceptors (Lipinski definition) is 4. The van der Waals surface area contributed by atoms with Gasteiger partial charge in [0.15, 0.2) is 11.5 Å². The van der Waals surface area contributed by atoms with Gasteiger partial charge in [-0.2, -0.15) is 0 Å². The fourth-order valence-corrected chi connectivity index (χ4v) is 2.19. The normalized spacial score (nSPS) is 40.2. The van der Waals surface area contributed by atoms with E-state index in [1.54, 1.807) is 0 Å². The molecule has 4 rings (SSSR count). The quantitative estimate of drug-likeness (QED) is 0.925. The lowest BCUT2D eigenvalue weighted by molar-refractivity contribution is 0.173. The number of nitrogens with one attached hydrogen (secondary N) is 1. The first-order valence-electron chi connectivity index (χ1n) is 13.5. The highest BCUT2D eigenvalue weighted by atomic mass is 19.1. The van der Waals surface area contributed by atoms with Gasteiger partial charge in [-0.05, 0) is 48.5 Å². The number of rotatable bonds is 4. The summed E-state index contributed by atoms with van der Waals surface area (Å²) < 4.78 is 136. The van der Waals surface area contributed by atoms with Crippen LogP contribution in [0.1, 0.15) is 35.7 Å². The molecule has 4 nitrogen and oxygen atoms in total. The number of benzene rings is 2. The summed E-state index contributed by atoms with van der Waals surface area (Å²) in [4.78, 5) is 0. The third-order valence-corrected chi connectivity index (χ3v) is 3.34. The summed E-state index contributed by atoms with van der Waals surface area (Å²) in [7, 11) is 0. The number of hydrogen-bond donors (Lipinski definition) is 1. The van der Waals surface area contributed by atoms with Gasteiger partial charge in [-0.15, -0.1) is 0 Å². The molecule has 1 fully saturated rings. The Balaban J connectivity index is 1.86. The molecule has 1 saturated heterocycles. The largest absolute Gasteiger partial charge is 0.493 e. The lowest BCUT2D eigenvalue weighted by atomic mass is 9.81. The minimum atomic E-state index is -3.40. The van der Waals surface area contributed by atoms with Crippen molar-refractivity contribution >= 4 is 0 Å². The van der Waals surface area contributed by atoms with Crippen LogP contribution in [0.2, 0.25) is 0 Å². The molecule has 0 bridgehead atoms. The van der Waals surface area contributed by atoms with Gasteiger partial charge in [0.1, 0.15) is 14.3 Å². The zero-order valence-corrected chi connectivity index (χ0v) is 12.1. The second kappa shape index (κ2) is 6.69. The van der Waals surface area contributed by atoms with Crippen molar-refractivity contribution in [2.45, 2.75) is 12.3 Å². The monoisotopic (exact) mass is 342 g/mol. The third kappa shape index (κ3) is 3.17. The van der Waals surface area contributed by atoms with Gasteiger partial charge in [0.25, 0.3) is 0 Å². The second-order valence-corrected chi connectivity index (χ2v) is 4.90. The molecule has 0 amide bonds. The van der Waals surface area contributed by atoms with Crippen molar-refractivity contribution in [2.24, 2.45) is 5.92 Å². The van der Waals surface area contributed by atoms with Crippen LogP contribution in [0, 0.1) is 11.7 Å². The van der Waals surface area contributed by atoms with E-state index in [1.165, 1.54) is 12.1 Å². The average molecular weight is 342 g/mol. The Morgan fingerprint density at radius 3 is 3.04 bits per heavy atom. The van der Waals surface area contributed by atoms with Crippen LogP contribution in [-0.2, 0) is 0 Å². The number of piperidine rings is 1. The second-order valence-electron chi connectivity index (χ2n) is 4.90. The smallest absolute Gasteiger partial charge is 0.231 e. The summed E-state index contributed by atoms with van der Waals surface area (Å²) in [5.41, 5.74) is -1.03. The van der Waals surface area contributed by atoms with Crippen molar-refractivity contribution in [3.05, 3.63) is 53.7 Å². The molecular weight excluding hydrogens is 309 g/mol. The maximum Gasteiger partial charge on any atom is 0.231 e. The molecule has 0 spiro atoms. The van der Waals surface area contributed by atoms with E-state index in [-0.39, 0.29) is 17.2 Å². The van der Waals surface area contributed by atoms with E-state index in [9.17, 15) is 4.39 Å². The fourth-order valence-electron chi connectivity index (χ4n) is 2.19. The minimum Gasteiger partial charge on any atom is -0.493 e. The van der Waals surface area contributed by atoms with Crippen LogP contribution in [0.25, 0.3) is 0 Å². The average Bonchev–Trinajstić information content (AvgIpc) is 3.07. The molecule has 126 valence electrons. The third-order valence-electron chi connectivity index (χ3n) is 3.34. The molecule has 2 aliphatic rings. The van der Waals surface area contributed by atoms with E-state index < -0.39 is 80.1 Å². The van der Waals surface area contributed by atoms with Crippen molar-refractivity contribution in [3.8, 4) is 17.2 Å². The molecule has 1 N–H and O–H groups in total. The lowest BCUT2D eigenvalue weighted by Gasteiger charge is -2.32. The summed E-state index contributed by atoms with van der Waals surface area (Å²) in [5, 5.41) is 2.18. The number of halogens is 1. The van der Waals surface area contributed by atoms with Gasteiger partial charge >= 0.3 is 0 Å². The van der Waals surface area contributed by atoms with Crippen LogP contribution in [0.15, 0.2) is 42.4 Å². The van der Waals surface area contributed by atoms with Crippen LogP contribution in [0.5, 0.6) is 17.2 Å².